The number of hydrogen-bond donors (Lipinski definition) is 1. The van der Waals surface area contributed by atoms with Crippen LogP contribution in [-0.4, -0.2) is 45.6 Å². The minimum atomic E-state index is -3.72. The summed E-state index contributed by atoms with van der Waals surface area (Å²) in [6.45, 7) is 1.15. The van der Waals surface area contributed by atoms with Crippen molar-refractivity contribution < 1.29 is 17.9 Å². The first-order valence-corrected chi connectivity index (χ1v) is 9.81. The van der Waals surface area contributed by atoms with E-state index in [0.29, 0.717) is 17.8 Å². The van der Waals surface area contributed by atoms with Gasteiger partial charge in [0.15, 0.2) is 0 Å². The molecule has 138 valence electrons. The lowest BCUT2D eigenvalue weighted by atomic mass is 10.2. The van der Waals surface area contributed by atoms with Gasteiger partial charge >= 0.3 is 0 Å². The number of benzene rings is 1. The molecule has 0 saturated carbocycles. The van der Waals surface area contributed by atoms with Crippen LogP contribution in [0.5, 0.6) is 0 Å². The zero-order valence-corrected chi connectivity index (χ0v) is 15.3. The standard InChI is InChI=1S/C18H21N3O4S/c1-21(26(23,24)17-7-3-2-4-8-17)15-10-14(11-19-12-15)18(22)20-13-16-6-5-9-25-16/h2-4,7-8,10-12,16H,5-6,9,13H2,1H3,(H,20,22)/t16-/m0/s1. The summed E-state index contributed by atoms with van der Waals surface area (Å²) in [4.78, 5) is 16.5. The summed E-state index contributed by atoms with van der Waals surface area (Å²) in [6, 6.07) is 9.63. The number of ether oxygens (including phenoxy) is 1. The largest absolute Gasteiger partial charge is 0.376 e. The maximum Gasteiger partial charge on any atom is 0.264 e. The molecule has 1 amide bonds. The molecule has 1 aromatic carbocycles. The lowest BCUT2D eigenvalue weighted by molar-refractivity contribution is 0.0857. The maximum atomic E-state index is 12.7. The predicted octanol–water partition coefficient (Wildman–Crippen LogP) is 1.82. The van der Waals surface area contributed by atoms with Crippen molar-refractivity contribution in [2.24, 2.45) is 0 Å². The van der Waals surface area contributed by atoms with Gasteiger partial charge in [0.2, 0.25) is 0 Å². The average Bonchev–Trinajstić information content (AvgIpc) is 3.20. The summed E-state index contributed by atoms with van der Waals surface area (Å²) < 4.78 is 32.0. The Morgan fingerprint density at radius 1 is 1.31 bits per heavy atom. The molecule has 0 spiro atoms. The lowest BCUT2D eigenvalue weighted by Crippen LogP contribution is -2.32. The molecule has 1 fully saturated rings. The van der Waals surface area contributed by atoms with E-state index >= 15 is 0 Å². The average molecular weight is 375 g/mol. The number of nitrogens with zero attached hydrogens (tertiary/aromatic N) is 2. The molecule has 8 heteroatoms. The van der Waals surface area contributed by atoms with Gasteiger partial charge in [0.1, 0.15) is 0 Å². The van der Waals surface area contributed by atoms with Crippen LogP contribution in [0.25, 0.3) is 0 Å². The zero-order valence-electron chi connectivity index (χ0n) is 14.5. The van der Waals surface area contributed by atoms with Gasteiger partial charge in [-0.1, -0.05) is 18.2 Å². The van der Waals surface area contributed by atoms with Crippen LogP contribution >= 0.6 is 0 Å². The summed E-state index contributed by atoms with van der Waals surface area (Å²) in [5.41, 5.74) is 0.620. The first-order chi connectivity index (χ1) is 12.5. The molecule has 2 heterocycles. The zero-order chi connectivity index (χ0) is 18.6. The van der Waals surface area contributed by atoms with E-state index in [0.717, 1.165) is 23.8 Å². The lowest BCUT2D eigenvalue weighted by Gasteiger charge is -2.19. The monoisotopic (exact) mass is 375 g/mol. The predicted molar refractivity (Wildman–Crippen MR) is 97.6 cm³/mol. The van der Waals surface area contributed by atoms with Crippen molar-refractivity contribution in [1.29, 1.82) is 0 Å². The van der Waals surface area contributed by atoms with E-state index in [4.69, 9.17) is 4.74 Å². The number of rotatable bonds is 6. The van der Waals surface area contributed by atoms with E-state index in [1.54, 1.807) is 18.2 Å². The van der Waals surface area contributed by atoms with E-state index in [1.165, 1.54) is 37.6 Å². The van der Waals surface area contributed by atoms with Crippen molar-refractivity contribution in [2.45, 2.75) is 23.8 Å². The first-order valence-electron chi connectivity index (χ1n) is 8.37. The van der Waals surface area contributed by atoms with Crippen LogP contribution in [0.3, 0.4) is 0 Å². The molecular formula is C18H21N3O4S. The van der Waals surface area contributed by atoms with Crippen LogP contribution in [0.2, 0.25) is 0 Å². The fourth-order valence-electron chi connectivity index (χ4n) is 2.73. The normalized spacial score (nSPS) is 17.0. The number of amides is 1. The van der Waals surface area contributed by atoms with Crippen molar-refractivity contribution in [1.82, 2.24) is 10.3 Å². The Labute approximate surface area is 153 Å². The van der Waals surface area contributed by atoms with Gasteiger partial charge in [-0.25, -0.2) is 8.42 Å². The van der Waals surface area contributed by atoms with Gasteiger partial charge in [0.05, 0.1) is 28.4 Å². The molecule has 1 aliphatic heterocycles. The fraction of sp³-hybridized carbons (Fsp3) is 0.333. The Balaban J connectivity index is 1.74. The molecule has 1 saturated heterocycles. The number of nitrogens with one attached hydrogen (secondary N) is 1. The van der Waals surface area contributed by atoms with Gasteiger partial charge in [-0.15, -0.1) is 0 Å². The van der Waals surface area contributed by atoms with Crippen molar-refractivity contribution in [2.75, 3.05) is 24.5 Å². The minimum Gasteiger partial charge on any atom is -0.376 e. The molecule has 26 heavy (non-hydrogen) atoms. The highest BCUT2D eigenvalue weighted by molar-refractivity contribution is 7.92. The van der Waals surface area contributed by atoms with Crippen LogP contribution in [0.4, 0.5) is 5.69 Å². The van der Waals surface area contributed by atoms with E-state index < -0.39 is 10.0 Å². The van der Waals surface area contributed by atoms with Gasteiger partial charge in [0.25, 0.3) is 15.9 Å². The van der Waals surface area contributed by atoms with E-state index in [2.05, 4.69) is 10.3 Å². The highest BCUT2D eigenvalue weighted by Crippen LogP contribution is 2.22. The van der Waals surface area contributed by atoms with Gasteiger partial charge in [-0.3, -0.25) is 14.1 Å². The van der Waals surface area contributed by atoms with Crippen LogP contribution in [0.15, 0.2) is 53.7 Å². The van der Waals surface area contributed by atoms with Crippen molar-refractivity contribution in [3.05, 3.63) is 54.4 Å². The number of pyridine rings is 1. The Bertz CT molecular complexity index is 865. The number of hydrogen-bond acceptors (Lipinski definition) is 5. The van der Waals surface area contributed by atoms with Crippen molar-refractivity contribution >= 4 is 21.6 Å². The van der Waals surface area contributed by atoms with Crippen molar-refractivity contribution in [3.63, 3.8) is 0 Å². The Hall–Kier alpha value is -2.45. The van der Waals surface area contributed by atoms with E-state index in [9.17, 15) is 13.2 Å². The van der Waals surface area contributed by atoms with E-state index in [1.807, 2.05) is 0 Å². The van der Waals surface area contributed by atoms with Gasteiger partial charge in [-0.05, 0) is 31.0 Å². The molecule has 0 aliphatic carbocycles. The molecule has 1 N–H and O–H groups in total. The summed E-state index contributed by atoms with van der Waals surface area (Å²) >= 11 is 0. The Morgan fingerprint density at radius 2 is 2.08 bits per heavy atom. The third-order valence-electron chi connectivity index (χ3n) is 4.27. The SMILES string of the molecule is CN(c1cncc(C(=O)NC[C@@H]2CCCO2)c1)S(=O)(=O)c1ccccc1. The number of carbonyl (C=O) groups excluding carboxylic acids is 1. The van der Waals surface area contributed by atoms with Crippen LogP contribution < -0.4 is 9.62 Å². The highest BCUT2D eigenvalue weighted by Gasteiger charge is 2.22. The molecule has 0 radical (unpaired) electrons. The number of aromatic nitrogens is 1. The number of sulfonamides is 1. The number of carbonyl (C=O) groups is 1. The molecular weight excluding hydrogens is 354 g/mol. The highest BCUT2D eigenvalue weighted by atomic mass is 32.2. The Kier molecular flexibility index (Phi) is 5.53. The van der Waals surface area contributed by atoms with Gasteiger partial charge in [-0.2, -0.15) is 0 Å². The molecule has 2 aromatic rings. The molecule has 1 aliphatic rings. The summed E-state index contributed by atoms with van der Waals surface area (Å²) in [5, 5.41) is 2.81. The summed E-state index contributed by atoms with van der Waals surface area (Å²) in [6.07, 6.45) is 4.79. The van der Waals surface area contributed by atoms with Crippen LogP contribution in [0, 0.1) is 0 Å². The first kappa shape index (κ1) is 18.3. The summed E-state index contributed by atoms with van der Waals surface area (Å²) in [7, 11) is -2.28. The fourth-order valence-corrected chi connectivity index (χ4v) is 3.92. The van der Waals surface area contributed by atoms with Crippen LogP contribution in [0.1, 0.15) is 23.2 Å². The third-order valence-corrected chi connectivity index (χ3v) is 6.07. The second-order valence-electron chi connectivity index (χ2n) is 6.06. The number of anilines is 1. The van der Waals surface area contributed by atoms with Gasteiger partial charge in [0, 0.05) is 26.4 Å². The second kappa shape index (κ2) is 7.84. The Morgan fingerprint density at radius 3 is 2.77 bits per heavy atom. The molecule has 0 unspecified atom stereocenters. The maximum absolute atomic E-state index is 12.7. The minimum absolute atomic E-state index is 0.0382. The third kappa shape index (κ3) is 4.03. The van der Waals surface area contributed by atoms with Crippen molar-refractivity contribution in [3.8, 4) is 0 Å². The molecule has 0 bridgehead atoms. The summed E-state index contributed by atoms with van der Waals surface area (Å²) in [5.74, 6) is -0.305. The molecule has 3 rings (SSSR count). The second-order valence-corrected chi connectivity index (χ2v) is 8.03. The van der Waals surface area contributed by atoms with E-state index in [-0.39, 0.29) is 16.9 Å². The molecule has 1 aromatic heterocycles. The smallest absolute Gasteiger partial charge is 0.264 e. The van der Waals surface area contributed by atoms with Crippen LogP contribution in [-0.2, 0) is 14.8 Å². The van der Waals surface area contributed by atoms with Gasteiger partial charge < -0.3 is 10.1 Å². The quantitative estimate of drug-likeness (QED) is 0.832. The topological polar surface area (TPSA) is 88.6 Å². The molecule has 7 nitrogen and oxygen atoms in total. The molecule has 1 atom stereocenters.